The highest BCUT2D eigenvalue weighted by Crippen LogP contribution is 2.30. The number of nitrogens with one attached hydrogen (secondary N) is 1. The molecule has 0 atom stereocenters. The van der Waals surface area contributed by atoms with Crippen LogP contribution in [0.2, 0.25) is 0 Å². The molecule has 6 nitrogen and oxygen atoms in total. The molecule has 0 spiro atoms. The van der Waals surface area contributed by atoms with Gasteiger partial charge in [-0.3, -0.25) is 0 Å². The number of carbonyl (C=O) groups is 1. The topological polar surface area (TPSA) is 63.9 Å². The first kappa shape index (κ1) is 17.7. The van der Waals surface area contributed by atoms with E-state index in [1.165, 1.54) is 0 Å². The van der Waals surface area contributed by atoms with E-state index in [1.54, 1.807) is 37.3 Å². The van der Waals surface area contributed by atoms with Crippen molar-refractivity contribution in [2.24, 2.45) is 0 Å². The molecule has 0 saturated carbocycles. The van der Waals surface area contributed by atoms with Gasteiger partial charge in [0.25, 0.3) is 0 Å². The summed E-state index contributed by atoms with van der Waals surface area (Å²) in [5, 5.41) is 2.89. The molecule has 1 aromatic carbocycles. The largest absolute Gasteiger partial charge is 0.493 e. The summed E-state index contributed by atoms with van der Waals surface area (Å²) in [4.78, 5) is 14.3. The van der Waals surface area contributed by atoms with E-state index in [4.69, 9.17) is 13.9 Å². The van der Waals surface area contributed by atoms with Crippen LogP contribution in [-0.2, 0) is 6.54 Å². The molecule has 1 heterocycles. The number of urea groups is 1. The molecule has 0 fully saturated rings. The van der Waals surface area contributed by atoms with Gasteiger partial charge in [0, 0.05) is 17.8 Å². The molecule has 0 unspecified atom stereocenters. The third-order valence-electron chi connectivity index (χ3n) is 3.64. The van der Waals surface area contributed by atoms with Crippen LogP contribution >= 0.6 is 0 Å². The van der Waals surface area contributed by atoms with E-state index in [0.717, 1.165) is 11.5 Å². The van der Waals surface area contributed by atoms with E-state index >= 15 is 0 Å². The van der Waals surface area contributed by atoms with Crippen LogP contribution in [0.1, 0.15) is 25.4 Å². The maximum absolute atomic E-state index is 12.6. The predicted octanol–water partition coefficient (Wildman–Crippen LogP) is 4.05. The first-order valence-electron chi connectivity index (χ1n) is 7.79. The number of benzene rings is 1. The normalized spacial score (nSPS) is 10.6. The molecule has 0 aliphatic rings. The molecule has 0 bridgehead atoms. The zero-order valence-electron chi connectivity index (χ0n) is 14.8. The Kier molecular flexibility index (Phi) is 5.73. The Balaban J connectivity index is 2.13. The smallest absolute Gasteiger partial charge is 0.322 e. The van der Waals surface area contributed by atoms with Crippen LogP contribution < -0.4 is 14.8 Å². The van der Waals surface area contributed by atoms with E-state index in [1.807, 2.05) is 32.9 Å². The van der Waals surface area contributed by atoms with E-state index in [9.17, 15) is 4.79 Å². The van der Waals surface area contributed by atoms with Crippen LogP contribution in [0.3, 0.4) is 0 Å². The summed E-state index contributed by atoms with van der Waals surface area (Å²) >= 11 is 0. The average Bonchev–Trinajstić information content (AvgIpc) is 2.97. The molecule has 0 radical (unpaired) electrons. The number of nitrogens with zero attached hydrogens (tertiary/aromatic N) is 1. The highest BCUT2D eigenvalue weighted by atomic mass is 16.5. The zero-order valence-corrected chi connectivity index (χ0v) is 14.8. The number of aryl methyl sites for hydroxylation is 1. The van der Waals surface area contributed by atoms with Gasteiger partial charge in [0.05, 0.1) is 20.8 Å². The lowest BCUT2D eigenvalue weighted by Crippen LogP contribution is -2.39. The maximum Gasteiger partial charge on any atom is 0.322 e. The highest BCUT2D eigenvalue weighted by Gasteiger charge is 2.19. The number of amides is 2. The summed E-state index contributed by atoms with van der Waals surface area (Å²) in [6.45, 7) is 6.21. The minimum atomic E-state index is -0.203. The van der Waals surface area contributed by atoms with Crippen molar-refractivity contribution < 1.29 is 18.7 Å². The van der Waals surface area contributed by atoms with E-state index < -0.39 is 0 Å². The highest BCUT2D eigenvalue weighted by molar-refractivity contribution is 5.89. The molecule has 24 heavy (non-hydrogen) atoms. The molecule has 2 aromatic rings. The van der Waals surface area contributed by atoms with E-state index in [0.29, 0.717) is 23.7 Å². The van der Waals surface area contributed by atoms with Gasteiger partial charge in [-0.05, 0) is 45.0 Å². The van der Waals surface area contributed by atoms with Gasteiger partial charge < -0.3 is 24.1 Å². The maximum atomic E-state index is 12.6. The number of methoxy groups -OCH3 is 2. The summed E-state index contributed by atoms with van der Waals surface area (Å²) in [5.74, 6) is 2.76. The van der Waals surface area contributed by atoms with Gasteiger partial charge >= 0.3 is 6.03 Å². The van der Waals surface area contributed by atoms with E-state index in [2.05, 4.69) is 5.32 Å². The Morgan fingerprint density at radius 3 is 2.42 bits per heavy atom. The first-order valence-corrected chi connectivity index (χ1v) is 7.79. The number of hydrogen-bond donors (Lipinski definition) is 1. The second-order valence-corrected chi connectivity index (χ2v) is 5.73. The monoisotopic (exact) mass is 332 g/mol. The Bertz CT molecular complexity index is 694. The SMILES string of the molecule is COc1ccc(NC(=O)N(Cc2ccc(C)o2)C(C)C)cc1OC. The van der Waals surface area contributed by atoms with Gasteiger partial charge in [-0.15, -0.1) is 0 Å². The van der Waals surface area contributed by atoms with Crippen molar-refractivity contribution in [2.75, 3.05) is 19.5 Å². The summed E-state index contributed by atoms with van der Waals surface area (Å²) in [7, 11) is 3.13. The predicted molar refractivity (Wildman–Crippen MR) is 92.7 cm³/mol. The first-order chi connectivity index (χ1) is 11.4. The average molecular weight is 332 g/mol. The third-order valence-corrected chi connectivity index (χ3v) is 3.64. The fourth-order valence-electron chi connectivity index (χ4n) is 2.34. The molecule has 1 N–H and O–H groups in total. The number of ether oxygens (including phenoxy) is 2. The molecule has 6 heteroatoms. The molecule has 2 amide bonds. The summed E-state index contributed by atoms with van der Waals surface area (Å²) in [6, 6.07) is 8.85. The van der Waals surface area contributed by atoms with Crippen LogP contribution in [-0.4, -0.2) is 31.2 Å². The lowest BCUT2D eigenvalue weighted by atomic mass is 10.2. The zero-order chi connectivity index (χ0) is 17.7. The van der Waals surface area contributed by atoms with Crippen molar-refractivity contribution in [2.45, 2.75) is 33.4 Å². The van der Waals surface area contributed by atoms with Crippen LogP contribution in [0.4, 0.5) is 10.5 Å². The Morgan fingerprint density at radius 1 is 1.17 bits per heavy atom. The van der Waals surface area contributed by atoms with Crippen molar-refractivity contribution in [1.82, 2.24) is 4.90 Å². The number of anilines is 1. The van der Waals surface area contributed by atoms with Crippen LogP contribution in [0.15, 0.2) is 34.7 Å². The minimum absolute atomic E-state index is 0.0237. The summed E-state index contributed by atoms with van der Waals surface area (Å²) in [5.41, 5.74) is 0.638. The van der Waals surface area contributed by atoms with Gasteiger partial charge in [0.15, 0.2) is 11.5 Å². The molecule has 1 aromatic heterocycles. The second-order valence-electron chi connectivity index (χ2n) is 5.73. The molecule has 0 aliphatic carbocycles. The van der Waals surface area contributed by atoms with Gasteiger partial charge in [-0.2, -0.15) is 0 Å². The quantitative estimate of drug-likeness (QED) is 0.867. The van der Waals surface area contributed by atoms with Crippen molar-refractivity contribution in [3.05, 3.63) is 41.9 Å². The third kappa shape index (κ3) is 4.22. The Morgan fingerprint density at radius 2 is 1.88 bits per heavy atom. The molecule has 0 aliphatic heterocycles. The van der Waals surface area contributed by atoms with Crippen molar-refractivity contribution in [3.8, 4) is 11.5 Å². The molecule has 130 valence electrons. The molecular weight excluding hydrogens is 308 g/mol. The van der Waals surface area contributed by atoms with Crippen molar-refractivity contribution in [1.29, 1.82) is 0 Å². The molecule has 2 rings (SSSR count). The number of carbonyl (C=O) groups excluding carboxylic acids is 1. The second kappa shape index (κ2) is 7.77. The lowest BCUT2D eigenvalue weighted by molar-refractivity contribution is 0.187. The van der Waals surface area contributed by atoms with Gasteiger partial charge in [0.1, 0.15) is 11.5 Å². The minimum Gasteiger partial charge on any atom is -0.493 e. The Hall–Kier alpha value is -2.63. The number of rotatable bonds is 6. The summed E-state index contributed by atoms with van der Waals surface area (Å²) in [6.07, 6.45) is 0. The van der Waals surface area contributed by atoms with Gasteiger partial charge in [0.2, 0.25) is 0 Å². The number of furan rings is 1. The van der Waals surface area contributed by atoms with E-state index in [-0.39, 0.29) is 12.1 Å². The van der Waals surface area contributed by atoms with Crippen molar-refractivity contribution >= 4 is 11.7 Å². The van der Waals surface area contributed by atoms with Gasteiger partial charge in [-0.1, -0.05) is 0 Å². The fraction of sp³-hybridized carbons (Fsp3) is 0.389. The Labute approximate surface area is 142 Å². The van der Waals surface area contributed by atoms with Gasteiger partial charge in [-0.25, -0.2) is 4.79 Å². The summed E-state index contributed by atoms with van der Waals surface area (Å²) < 4.78 is 16.0. The van der Waals surface area contributed by atoms with Crippen LogP contribution in [0.5, 0.6) is 11.5 Å². The lowest BCUT2D eigenvalue weighted by Gasteiger charge is -2.26. The number of hydrogen-bond acceptors (Lipinski definition) is 4. The van der Waals surface area contributed by atoms with Crippen molar-refractivity contribution in [3.63, 3.8) is 0 Å². The standard InChI is InChI=1S/C18H24N2O4/c1-12(2)20(11-15-8-6-13(3)24-15)18(21)19-14-7-9-16(22-4)17(10-14)23-5/h6-10,12H,11H2,1-5H3,(H,19,21). The van der Waals surface area contributed by atoms with Crippen LogP contribution in [0, 0.1) is 6.92 Å². The van der Waals surface area contributed by atoms with Crippen LogP contribution in [0.25, 0.3) is 0 Å². The fourth-order valence-corrected chi connectivity index (χ4v) is 2.34. The molecule has 0 saturated heterocycles. The molecular formula is C18H24N2O4.